The molecule has 1 aromatic heterocycles. The van der Waals surface area contributed by atoms with Crippen LogP contribution >= 0.6 is 0 Å². The Hall–Kier alpha value is -2.14. The highest BCUT2D eigenvalue weighted by atomic mass is 16.5. The summed E-state index contributed by atoms with van der Waals surface area (Å²) >= 11 is 0. The van der Waals surface area contributed by atoms with Gasteiger partial charge in [0.1, 0.15) is 5.69 Å². The predicted octanol–water partition coefficient (Wildman–Crippen LogP) is 1.45. The standard InChI is InChI=1S/C14H17N3O2/c1-10-3-5-11(6-4-10)13-9-12(15)14(18)17(16-13)7-8-19-2/h3-6,9H,7-8,15H2,1-2H3. The Bertz CT molecular complexity index is 618. The molecule has 0 saturated carbocycles. The van der Waals surface area contributed by atoms with Crippen LogP contribution in [0.2, 0.25) is 0 Å². The van der Waals surface area contributed by atoms with Crippen LogP contribution < -0.4 is 11.3 Å². The SMILES string of the molecule is COCCn1nc(-c2ccc(C)cc2)cc(N)c1=O. The maximum Gasteiger partial charge on any atom is 0.289 e. The van der Waals surface area contributed by atoms with Gasteiger partial charge in [-0.3, -0.25) is 4.79 Å². The Morgan fingerprint density at radius 3 is 2.63 bits per heavy atom. The lowest BCUT2D eigenvalue weighted by Crippen LogP contribution is -2.27. The summed E-state index contributed by atoms with van der Waals surface area (Å²) in [6, 6.07) is 9.52. The first-order valence-corrected chi connectivity index (χ1v) is 6.05. The van der Waals surface area contributed by atoms with E-state index in [0.29, 0.717) is 18.8 Å². The van der Waals surface area contributed by atoms with Crippen molar-refractivity contribution in [2.75, 3.05) is 19.5 Å². The van der Waals surface area contributed by atoms with Crippen molar-refractivity contribution in [3.63, 3.8) is 0 Å². The number of hydrogen-bond acceptors (Lipinski definition) is 4. The highest BCUT2D eigenvalue weighted by molar-refractivity contribution is 5.62. The predicted molar refractivity (Wildman–Crippen MR) is 75.0 cm³/mol. The number of methoxy groups -OCH3 is 1. The Balaban J connectivity index is 2.44. The average molecular weight is 259 g/mol. The van der Waals surface area contributed by atoms with Gasteiger partial charge in [-0.2, -0.15) is 5.10 Å². The normalized spacial score (nSPS) is 10.6. The van der Waals surface area contributed by atoms with Crippen LogP contribution in [0.3, 0.4) is 0 Å². The quantitative estimate of drug-likeness (QED) is 0.902. The van der Waals surface area contributed by atoms with Crippen LogP contribution in [-0.4, -0.2) is 23.5 Å². The van der Waals surface area contributed by atoms with E-state index in [-0.39, 0.29) is 11.2 Å². The fraction of sp³-hybridized carbons (Fsp3) is 0.286. The summed E-state index contributed by atoms with van der Waals surface area (Å²) in [5.41, 5.74) is 8.45. The molecule has 0 unspecified atom stereocenters. The Morgan fingerprint density at radius 1 is 1.32 bits per heavy atom. The number of aromatic nitrogens is 2. The van der Waals surface area contributed by atoms with Crippen molar-refractivity contribution in [1.82, 2.24) is 9.78 Å². The van der Waals surface area contributed by atoms with Gasteiger partial charge in [-0.05, 0) is 13.0 Å². The lowest BCUT2D eigenvalue weighted by atomic mass is 10.1. The molecule has 0 aliphatic rings. The molecule has 0 radical (unpaired) electrons. The first-order chi connectivity index (χ1) is 9.11. The molecular weight excluding hydrogens is 242 g/mol. The minimum atomic E-state index is -0.284. The van der Waals surface area contributed by atoms with Crippen molar-refractivity contribution in [3.05, 3.63) is 46.2 Å². The molecule has 5 heteroatoms. The van der Waals surface area contributed by atoms with Crippen LogP contribution in [0, 0.1) is 6.92 Å². The van der Waals surface area contributed by atoms with Gasteiger partial charge >= 0.3 is 0 Å². The van der Waals surface area contributed by atoms with Crippen LogP contribution in [-0.2, 0) is 11.3 Å². The monoisotopic (exact) mass is 259 g/mol. The zero-order valence-corrected chi connectivity index (χ0v) is 11.1. The molecule has 0 fully saturated rings. The van der Waals surface area contributed by atoms with Gasteiger partial charge in [0.05, 0.1) is 18.8 Å². The number of hydrogen-bond donors (Lipinski definition) is 1. The molecule has 1 aromatic carbocycles. The molecule has 0 amide bonds. The maximum absolute atomic E-state index is 11.8. The molecule has 100 valence electrons. The van der Waals surface area contributed by atoms with Gasteiger partial charge in [-0.1, -0.05) is 29.8 Å². The number of benzene rings is 1. The van der Waals surface area contributed by atoms with Crippen molar-refractivity contribution >= 4 is 5.69 Å². The fourth-order valence-corrected chi connectivity index (χ4v) is 1.76. The van der Waals surface area contributed by atoms with Crippen LogP contribution in [0.5, 0.6) is 0 Å². The van der Waals surface area contributed by atoms with Gasteiger partial charge in [0, 0.05) is 12.7 Å². The van der Waals surface area contributed by atoms with Gasteiger partial charge in [0.15, 0.2) is 0 Å². The summed E-state index contributed by atoms with van der Waals surface area (Å²) in [6.45, 7) is 2.83. The zero-order chi connectivity index (χ0) is 13.8. The van der Waals surface area contributed by atoms with E-state index in [1.54, 1.807) is 13.2 Å². The minimum Gasteiger partial charge on any atom is -0.394 e. The van der Waals surface area contributed by atoms with Crippen LogP contribution in [0.15, 0.2) is 35.1 Å². The van der Waals surface area contributed by atoms with E-state index in [4.69, 9.17) is 10.5 Å². The summed E-state index contributed by atoms with van der Waals surface area (Å²) < 4.78 is 6.30. The molecule has 0 bridgehead atoms. The summed E-state index contributed by atoms with van der Waals surface area (Å²) in [4.78, 5) is 11.8. The Kier molecular flexibility index (Phi) is 3.97. The van der Waals surface area contributed by atoms with E-state index in [2.05, 4.69) is 5.10 Å². The molecule has 0 aliphatic heterocycles. The molecule has 0 aliphatic carbocycles. The third-order valence-electron chi connectivity index (χ3n) is 2.86. The van der Waals surface area contributed by atoms with Gasteiger partial charge in [-0.25, -0.2) is 4.68 Å². The van der Waals surface area contributed by atoms with Gasteiger partial charge < -0.3 is 10.5 Å². The van der Waals surface area contributed by atoms with Crippen molar-refractivity contribution in [3.8, 4) is 11.3 Å². The van der Waals surface area contributed by atoms with Crippen molar-refractivity contribution < 1.29 is 4.74 Å². The van der Waals surface area contributed by atoms with Crippen molar-refractivity contribution in [2.24, 2.45) is 0 Å². The van der Waals surface area contributed by atoms with E-state index in [9.17, 15) is 4.79 Å². The third kappa shape index (κ3) is 3.00. The lowest BCUT2D eigenvalue weighted by molar-refractivity contribution is 0.182. The third-order valence-corrected chi connectivity index (χ3v) is 2.86. The molecule has 5 nitrogen and oxygen atoms in total. The number of aryl methyl sites for hydroxylation is 1. The van der Waals surface area contributed by atoms with E-state index < -0.39 is 0 Å². The summed E-state index contributed by atoms with van der Waals surface area (Å²) in [6.07, 6.45) is 0. The van der Waals surface area contributed by atoms with E-state index in [0.717, 1.165) is 5.56 Å². The average Bonchev–Trinajstić information content (AvgIpc) is 2.41. The minimum absolute atomic E-state index is 0.196. The first kappa shape index (κ1) is 13.3. The molecule has 0 saturated heterocycles. The number of nitrogen functional groups attached to an aromatic ring is 1. The fourth-order valence-electron chi connectivity index (χ4n) is 1.76. The maximum atomic E-state index is 11.8. The Labute approximate surface area is 111 Å². The van der Waals surface area contributed by atoms with E-state index >= 15 is 0 Å². The van der Waals surface area contributed by atoms with Gasteiger partial charge in [0.25, 0.3) is 5.56 Å². The topological polar surface area (TPSA) is 70.1 Å². The number of anilines is 1. The number of ether oxygens (including phenoxy) is 1. The van der Waals surface area contributed by atoms with E-state index in [1.165, 1.54) is 10.2 Å². The molecule has 0 spiro atoms. The smallest absolute Gasteiger partial charge is 0.289 e. The molecule has 2 rings (SSSR count). The van der Waals surface area contributed by atoms with Crippen LogP contribution in [0.4, 0.5) is 5.69 Å². The summed E-state index contributed by atoms with van der Waals surface area (Å²) in [5.74, 6) is 0. The first-order valence-electron chi connectivity index (χ1n) is 6.05. The summed E-state index contributed by atoms with van der Waals surface area (Å²) in [5, 5.41) is 4.31. The number of rotatable bonds is 4. The largest absolute Gasteiger partial charge is 0.394 e. The zero-order valence-electron chi connectivity index (χ0n) is 11.1. The molecule has 2 aromatic rings. The second-order valence-corrected chi connectivity index (χ2v) is 4.37. The number of nitrogens with zero attached hydrogens (tertiary/aromatic N) is 2. The number of nitrogens with two attached hydrogens (primary N) is 1. The lowest BCUT2D eigenvalue weighted by Gasteiger charge is -2.08. The molecule has 19 heavy (non-hydrogen) atoms. The molecule has 0 atom stereocenters. The molecule has 2 N–H and O–H groups in total. The van der Waals surface area contributed by atoms with Gasteiger partial charge in [0.2, 0.25) is 0 Å². The van der Waals surface area contributed by atoms with Crippen LogP contribution in [0.25, 0.3) is 11.3 Å². The van der Waals surface area contributed by atoms with E-state index in [1.807, 2.05) is 31.2 Å². The second-order valence-electron chi connectivity index (χ2n) is 4.37. The highest BCUT2D eigenvalue weighted by Crippen LogP contribution is 2.17. The highest BCUT2D eigenvalue weighted by Gasteiger charge is 2.07. The van der Waals surface area contributed by atoms with Crippen LogP contribution in [0.1, 0.15) is 5.56 Å². The van der Waals surface area contributed by atoms with Crippen molar-refractivity contribution in [1.29, 1.82) is 0 Å². The van der Waals surface area contributed by atoms with Gasteiger partial charge in [-0.15, -0.1) is 0 Å². The Morgan fingerprint density at radius 2 is 2.00 bits per heavy atom. The molecular formula is C14H17N3O2. The summed E-state index contributed by atoms with van der Waals surface area (Å²) in [7, 11) is 1.58. The molecule has 1 heterocycles. The van der Waals surface area contributed by atoms with Crippen molar-refractivity contribution in [2.45, 2.75) is 13.5 Å². The second kappa shape index (κ2) is 5.67.